The molecule has 0 fully saturated rings. The van der Waals surface area contributed by atoms with Crippen molar-refractivity contribution in [1.82, 2.24) is 49.7 Å². The lowest BCUT2D eigenvalue weighted by molar-refractivity contribution is -0.115. The number of anilines is 2. The van der Waals surface area contributed by atoms with Crippen LogP contribution in [-0.4, -0.2) is 75.8 Å². The van der Waals surface area contributed by atoms with Gasteiger partial charge in [-0.3, -0.25) is 14.5 Å². The molecule has 0 unspecified atom stereocenters. The fraction of sp³-hybridized carbons (Fsp3) is 0.333. The zero-order chi connectivity index (χ0) is 39.5. The van der Waals surface area contributed by atoms with Crippen LogP contribution in [0.4, 0.5) is 11.6 Å². The van der Waals surface area contributed by atoms with Crippen LogP contribution in [0.1, 0.15) is 65.8 Å². The number of carbonyl (C=O) groups excluding carboxylic acids is 2. The second-order valence-corrected chi connectivity index (χ2v) is 14.4. The molecule has 6 aromatic rings. The van der Waals surface area contributed by atoms with E-state index in [0.29, 0.717) is 23.5 Å². The minimum absolute atomic E-state index is 0.169. The van der Waals surface area contributed by atoms with E-state index in [-0.39, 0.29) is 11.8 Å². The van der Waals surface area contributed by atoms with E-state index in [4.69, 9.17) is 9.97 Å². The van der Waals surface area contributed by atoms with Crippen molar-refractivity contribution < 1.29 is 9.59 Å². The van der Waals surface area contributed by atoms with E-state index in [1.54, 1.807) is 15.4 Å². The molecule has 0 atom stereocenters. The van der Waals surface area contributed by atoms with Crippen molar-refractivity contribution in [2.24, 2.45) is 0 Å². The first-order chi connectivity index (χ1) is 26.9. The van der Waals surface area contributed by atoms with Crippen molar-refractivity contribution in [2.75, 3.05) is 30.3 Å². The fourth-order valence-electron chi connectivity index (χ4n) is 7.19. The highest BCUT2D eigenvalue weighted by atomic mass is 16.2. The quantitative estimate of drug-likeness (QED) is 0.181. The second kappa shape index (κ2) is 16.3. The number of benzene rings is 2. The van der Waals surface area contributed by atoms with Crippen molar-refractivity contribution in [3.05, 3.63) is 106 Å². The summed E-state index contributed by atoms with van der Waals surface area (Å²) in [4.78, 5) is 44.1. The van der Waals surface area contributed by atoms with Gasteiger partial charge in [0.2, 0.25) is 11.8 Å². The summed E-state index contributed by atoms with van der Waals surface area (Å²) in [6.45, 7) is 17.9. The monoisotopic (exact) mass is 752 g/mol. The third-order valence-corrected chi connectivity index (χ3v) is 9.86. The molecule has 2 amide bonds. The van der Waals surface area contributed by atoms with Crippen molar-refractivity contribution in [3.63, 3.8) is 0 Å². The van der Waals surface area contributed by atoms with Crippen molar-refractivity contribution in [2.45, 2.75) is 74.4 Å². The van der Waals surface area contributed by atoms with Gasteiger partial charge in [0.15, 0.2) is 0 Å². The van der Waals surface area contributed by atoms with E-state index >= 15 is 0 Å². The zero-order valence-corrected chi connectivity index (χ0v) is 33.1. The van der Waals surface area contributed by atoms with Gasteiger partial charge >= 0.3 is 0 Å². The number of likely N-dealkylation sites (N-methyl/N-ethyl adjacent to an activating group) is 1. The summed E-state index contributed by atoms with van der Waals surface area (Å²) in [6.07, 6.45) is 2.11. The number of aryl methyl sites for hydroxylation is 4. The molecular formula is C42H48N12O2. The fourth-order valence-corrected chi connectivity index (χ4v) is 7.19. The summed E-state index contributed by atoms with van der Waals surface area (Å²) < 4.78 is 3.41. The summed E-state index contributed by atoms with van der Waals surface area (Å²) in [5.74, 6) is 1.48. The molecule has 4 aromatic heterocycles. The Bertz CT molecular complexity index is 2430. The van der Waals surface area contributed by atoms with E-state index in [2.05, 4.69) is 84.3 Å². The van der Waals surface area contributed by atoms with Crippen LogP contribution in [0, 0.1) is 27.7 Å². The minimum Gasteiger partial charge on any atom is -0.312 e. The van der Waals surface area contributed by atoms with E-state index in [9.17, 15) is 9.59 Å². The van der Waals surface area contributed by atoms with Gasteiger partial charge in [0, 0.05) is 68.1 Å². The van der Waals surface area contributed by atoms with Crippen molar-refractivity contribution in [1.29, 1.82) is 0 Å². The summed E-state index contributed by atoms with van der Waals surface area (Å²) in [5.41, 5.74) is 12.6. The number of rotatable bonds is 7. The smallest absolute Gasteiger partial charge is 0.253 e. The van der Waals surface area contributed by atoms with Crippen LogP contribution in [0.2, 0.25) is 0 Å². The Morgan fingerprint density at radius 1 is 0.661 bits per heavy atom. The Balaban J connectivity index is 0.000000172. The topological polar surface area (TPSA) is 161 Å². The third-order valence-electron chi connectivity index (χ3n) is 9.86. The van der Waals surface area contributed by atoms with E-state index in [0.717, 1.165) is 90.9 Å². The molecule has 2 aromatic carbocycles. The van der Waals surface area contributed by atoms with Gasteiger partial charge in [0.05, 0.1) is 22.8 Å². The lowest BCUT2D eigenvalue weighted by atomic mass is 9.96. The predicted molar refractivity (Wildman–Crippen MR) is 217 cm³/mol. The molecule has 56 heavy (non-hydrogen) atoms. The molecule has 14 heteroatoms. The summed E-state index contributed by atoms with van der Waals surface area (Å²) in [7, 11) is 0. The van der Waals surface area contributed by atoms with Gasteiger partial charge in [0.1, 0.15) is 11.6 Å². The number of fused-ring (bicyclic) bond motifs is 2. The van der Waals surface area contributed by atoms with Crippen LogP contribution in [0.5, 0.6) is 0 Å². The molecular weight excluding hydrogens is 705 g/mol. The summed E-state index contributed by atoms with van der Waals surface area (Å²) in [6, 6.07) is 20.5. The average molecular weight is 753 g/mol. The van der Waals surface area contributed by atoms with Crippen LogP contribution in [0.3, 0.4) is 0 Å². The molecule has 6 heterocycles. The molecule has 0 saturated heterocycles. The number of nitrogens with one attached hydrogen (secondary N) is 3. The highest BCUT2D eigenvalue weighted by molar-refractivity contribution is 5.89. The Morgan fingerprint density at radius 3 is 1.66 bits per heavy atom. The normalized spacial score (nSPS) is 13.6. The number of hydrogen-bond acceptors (Lipinski definition) is 10. The van der Waals surface area contributed by atoms with Gasteiger partial charge in [-0.25, -0.2) is 19.3 Å². The van der Waals surface area contributed by atoms with Crippen LogP contribution in [0.25, 0.3) is 34.4 Å². The number of amides is 2. The lowest BCUT2D eigenvalue weighted by Crippen LogP contribution is -2.30. The second-order valence-electron chi connectivity index (χ2n) is 14.4. The molecule has 0 aliphatic carbocycles. The predicted octanol–water partition coefficient (Wildman–Crippen LogP) is 5.83. The van der Waals surface area contributed by atoms with Gasteiger partial charge in [-0.05, 0) is 100 Å². The third kappa shape index (κ3) is 8.72. The molecule has 0 bridgehead atoms. The van der Waals surface area contributed by atoms with Gasteiger partial charge in [-0.2, -0.15) is 20.2 Å². The molecule has 0 spiro atoms. The van der Waals surface area contributed by atoms with Gasteiger partial charge in [0.25, 0.3) is 11.9 Å². The van der Waals surface area contributed by atoms with Crippen molar-refractivity contribution >= 4 is 23.5 Å². The standard InChI is InChI=1S/C22H26N6O.C20H22N6O/c1-5-27-9-8-17-6-7-18(11-19(17)13-27)20-12-21(23-16(4)29)25-22(24-20)28-15(3)10-14(2)26-28;1-12-8-13(2)26(25-12)20-23-18(10-19(24-20)22-14(3)27)16-5-4-15-6-7-21-11-17(15)9-16/h6-7,10-12H,5,8-9,13H2,1-4H3,(H,23,24,25,29);4-5,8-10,21H,6-7,11H2,1-3H3,(H,22,23,24,27). The maximum absolute atomic E-state index is 11.6. The van der Waals surface area contributed by atoms with Crippen LogP contribution >= 0.6 is 0 Å². The first kappa shape index (κ1) is 38.2. The van der Waals surface area contributed by atoms with Gasteiger partial charge in [-0.15, -0.1) is 0 Å². The first-order valence-corrected chi connectivity index (χ1v) is 19.0. The molecule has 0 radical (unpaired) electrons. The summed E-state index contributed by atoms with van der Waals surface area (Å²) >= 11 is 0. The van der Waals surface area contributed by atoms with Crippen LogP contribution < -0.4 is 16.0 Å². The number of nitrogens with zero attached hydrogens (tertiary/aromatic N) is 9. The molecule has 3 N–H and O–H groups in total. The van der Waals surface area contributed by atoms with Gasteiger partial charge in [-0.1, -0.05) is 31.2 Å². The highest BCUT2D eigenvalue weighted by Gasteiger charge is 2.19. The molecule has 0 saturated carbocycles. The maximum Gasteiger partial charge on any atom is 0.253 e. The summed E-state index contributed by atoms with van der Waals surface area (Å²) in [5, 5.41) is 17.9. The Morgan fingerprint density at radius 2 is 1.18 bits per heavy atom. The van der Waals surface area contributed by atoms with Crippen molar-refractivity contribution in [3.8, 4) is 34.4 Å². The van der Waals surface area contributed by atoms with Crippen LogP contribution in [-0.2, 0) is 35.5 Å². The average Bonchev–Trinajstić information content (AvgIpc) is 3.71. The molecule has 2 aliphatic heterocycles. The highest BCUT2D eigenvalue weighted by Crippen LogP contribution is 2.28. The minimum atomic E-state index is -0.173. The number of carbonyl (C=O) groups is 2. The van der Waals surface area contributed by atoms with Gasteiger partial charge < -0.3 is 16.0 Å². The molecule has 14 nitrogen and oxygen atoms in total. The largest absolute Gasteiger partial charge is 0.312 e. The molecule has 2 aliphatic rings. The molecule has 288 valence electrons. The van der Waals surface area contributed by atoms with E-state index < -0.39 is 0 Å². The molecule has 8 rings (SSSR count). The lowest BCUT2D eigenvalue weighted by Gasteiger charge is -2.27. The zero-order valence-electron chi connectivity index (χ0n) is 33.1. The Kier molecular flexibility index (Phi) is 11.1. The maximum atomic E-state index is 11.6. The SMILES string of the molecule is CC(=O)Nc1cc(-c2ccc3c(c2)CNCC3)nc(-n2nc(C)cc2C)n1.CCN1CCc2ccc(-c3cc(NC(C)=O)nc(-n4nc(C)cc4C)n3)cc2C1. The van der Waals surface area contributed by atoms with E-state index in [1.165, 1.54) is 36.1 Å². The number of aromatic nitrogens is 8. The van der Waals surface area contributed by atoms with E-state index in [1.807, 2.05) is 45.9 Å². The van der Waals surface area contributed by atoms with Crippen LogP contribution in [0.15, 0.2) is 60.7 Å². The number of hydrogen-bond donors (Lipinski definition) is 3. The first-order valence-electron chi connectivity index (χ1n) is 19.0. The Labute approximate surface area is 326 Å². The Hall–Kier alpha value is -6.12.